The van der Waals surface area contributed by atoms with Gasteiger partial charge in [-0.1, -0.05) is 67.4 Å². The van der Waals surface area contributed by atoms with Gasteiger partial charge in [-0.2, -0.15) is 0 Å². The third-order valence-electron chi connectivity index (χ3n) is 6.16. The van der Waals surface area contributed by atoms with Crippen molar-refractivity contribution < 1.29 is 4.79 Å². The van der Waals surface area contributed by atoms with E-state index in [2.05, 4.69) is 33.0 Å². The number of anilines is 1. The second-order valence-corrected chi connectivity index (χ2v) is 9.00. The van der Waals surface area contributed by atoms with Crippen molar-refractivity contribution in [2.75, 3.05) is 17.2 Å². The molecule has 1 aliphatic carbocycles. The molecule has 1 amide bonds. The molecule has 0 bridgehead atoms. The molecule has 1 fully saturated rings. The fourth-order valence-electron chi connectivity index (χ4n) is 4.62. The van der Waals surface area contributed by atoms with Crippen LogP contribution in [0.3, 0.4) is 0 Å². The molecule has 0 atom stereocenters. The Balaban J connectivity index is 1.38. The Bertz CT molecular complexity index is 1030. The molecule has 1 aromatic heterocycles. The molecule has 0 saturated heterocycles. The van der Waals surface area contributed by atoms with Gasteiger partial charge in [-0.3, -0.25) is 9.36 Å². The number of thioether (sulfide) groups is 1. The van der Waals surface area contributed by atoms with Crippen LogP contribution in [-0.4, -0.2) is 33.0 Å². The van der Waals surface area contributed by atoms with E-state index in [4.69, 9.17) is 0 Å². The molecule has 6 heteroatoms. The molecule has 0 N–H and O–H groups in total. The molecule has 1 aliphatic heterocycles. The van der Waals surface area contributed by atoms with Crippen molar-refractivity contribution in [2.24, 2.45) is 0 Å². The first-order chi connectivity index (χ1) is 14.8. The molecule has 0 radical (unpaired) electrons. The highest BCUT2D eigenvalue weighted by molar-refractivity contribution is 7.99. The van der Waals surface area contributed by atoms with Gasteiger partial charge in [0.05, 0.1) is 5.75 Å². The van der Waals surface area contributed by atoms with Crippen LogP contribution in [0.2, 0.25) is 0 Å². The van der Waals surface area contributed by atoms with Crippen molar-refractivity contribution in [2.45, 2.75) is 49.6 Å². The monoisotopic (exact) mass is 418 g/mol. The van der Waals surface area contributed by atoms with Crippen molar-refractivity contribution in [1.82, 2.24) is 14.8 Å². The Kier molecular flexibility index (Phi) is 5.58. The van der Waals surface area contributed by atoms with Crippen LogP contribution in [0.15, 0.2) is 59.8 Å². The van der Waals surface area contributed by atoms with Crippen LogP contribution in [0.25, 0.3) is 5.69 Å². The van der Waals surface area contributed by atoms with Crippen LogP contribution in [0.4, 0.5) is 5.69 Å². The van der Waals surface area contributed by atoms with Crippen molar-refractivity contribution >= 4 is 23.4 Å². The molecular weight excluding hydrogens is 392 g/mol. The second kappa shape index (κ2) is 8.64. The van der Waals surface area contributed by atoms with Gasteiger partial charge in [-0.25, -0.2) is 0 Å². The number of carbonyl (C=O) groups is 1. The van der Waals surface area contributed by atoms with E-state index in [1.807, 2.05) is 41.3 Å². The van der Waals surface area contributed by atoms with Crippen molar-refractivity contribution in [3.05, 3.63) is 66.0 Å². The number of carbonyl (C=O) groups excluding carboxylic acids is 1. The van der Waals surface area contributed by atoms with Crippen LogP contribution in [0.5, 0.6) is 0 Å². The normalized spacial score (nSPS) is 16.6. The minimum atomic E-state index is 0.131. The van der Waals surface area contributed by atoms with Gasteiger partial charge in [0.2, 0.25) is 5.91 Å². The van der Waals surface area contributed by atoms with E-state index in [9.17, 15) is 4.79 Å². The van der Waals surface area contributed by atoms with Gasteiger partial charge in [-0.15, -0.1) is 10.2 Å². The SMILES string of the molecule is O=C(CSc1nnc(C2CCCCC2)n1-c1ccccc1)N1CCc2ccccc21. The maximum Gasteiger partial charge on any atom is 0.237 e. The summed E-state index contributed by atoms with van der Waals surface area (Å²) in [6.45, 7) is 0.761. The van der Waals surface area contributed by atoms with Gasteiger partial charge in [0, 0.05) is 23.8 Å². The topological polar surface area (TPSA) is 51.0 Å². The first-order valence-electron chi connectivity index (χ1n) is 10.8. The smallest absolute Gasteiger partial charge is 0.237 e. The standard InChI is InChI=1S/C24H26N4OS/c29-22(27-16-15-18-9-7-8-14-21(18)27)17-30-24-26-25-23(19-10-3-1-4-11-19)28(24)20-12-5-2-6-13-20/h2,5-9,12-14,19H,1,3-4,10-11,15-17H2. The summed E-state index contributed by atoms with van der Waals surface area (Å²) in [6.07, 6.45) is 7.07. The lowest BCUT2D eigenvalue weighted by Crippen LogP contribution is -2.30. The summed E-state index contributed by atoms with van der Waals surface area (Å²) >= 11 is 1.49. The van der Waals surface area contributed by atoms with E-state index in [1.54, 1.807) is 0 Å². The zero-order valence-corrected chi connectivity index (χ0v) is 17.9. The van der Waals surface area contributed by atoms with E-state index in [-0.39, 0.29) is 5.91 Å². The highest BCUT2D eigenvalue weighted by Gasteiger charge is 2.27. The number of aromatic nitrogens is 3. The lowest BCUT2D eigenvalue weighted by atomic mass is 9.88. The number of rotatable bonds is 5. The summed E-state index contributed by atoms with van der Waals surface area (Å²) < 4.78 is 2.17. The van der Waals surface area contributed by atoms with Crippen LogP contribution >= 0.6 is 11.8 Å². The average molecular weight is 419 g/mol. The predicted molar refractivity (Wildman–Crippen MR) is 120 cm³/mol. The van der Waals surface area contributed by atoms with Crippen LogP contribution in [-0.2, 0) is 11.2 Å². The molecule has 3 aromatic rings. The Morgan fingerprint density at radius 1 is 0.967 bits per heavy atom. The van der Waals surface area contributed by atoms with Crippen LogP contribution < -0.4 is 4.90 Å². The van der Waals surface area contributed by atoms with E-state index >= 15 is 0 Å². The van der Waals surface area contributed by atoms with Crippen molar-refractivity contribution in [3.63, 3.8) is 0 Å². The van der Waals surface area contributed by atoms with E-state index in [0.717, 1.165) is 35.3 Å². The molecule has 2 aliphatic rings. The third-order valence-corrected chi connectivity index (χ3v) is 7.07. The first-order valence-corrected chi connectivity index (χ1v) is 11.8. The third kappa shape index (κ3) is 3.76. The fraction of sp³-hybridized carbons (Fsp3) is 0.375. The van der Waals surface area contributed by atoms with Gasteiger partial charge in [0.15, 0.2) is 5.16 Å². The van der Waals surface area contributed by atoms with Gasteiger partial charge < -0.3 is 4.90 Å². The Labute approximate surface area is 181 Å². The summed E-state index contributed by atoms with van der Waals surface area (Å²) in [7, 11) is 0. The summed E-state index contributed by atoms with van der Waals surface area (Å²) in [4.78, 5) is 14.9. The number of fused-ring (bicyclic) bond motifs is 1. The summed E-state index contributed by atoms with van der Waals surface area (Å²) in [5.41, 5.74) is 3.38. The van der Waals surface area contributed by atoms with E-state index < -0.39 is 0 Å². The molecule has 2 aromatic carbocycles. The van der Waals surface area contributed by atoms with Crippen molar-refractivity contribution in [1.29, 1.82) is 0 Å². The van der Waals surface area contributed by atoms with Gasteiger partial charge >= 0.3 is 0 Å². The predicted octanol–water partition coefficient (Wildman–Crippen LogP) is 5.00. The van der Waals surface area contributed by atoms with Crippen LogP contribution in [0.1, 0.15) is 49.4 Å². The molecule has 1 saturated carbocycles. The summed E-state index contributed by atoms with van der Waals surface area (Å²) in [5.74, 6) is 1.99. The quantitative estimate of drug-likeness (QED) is 0.548. The minimum absolute atomic E-state index is 0.131. The molecule has 30 heavy (non-hydrogen) atoms. The molecular formula is C24H26N4OS. The number of hydrogen-bond acceptors (Lipinski definition) is 4. The number of benzene rings is 2. The van der Waals surface area contributed by atoms with Crippen molar-refractivity contribution in [3.8, 4) is 5.69 Å². The number of hydrogen-bond donors (Lipinski definition) is 0. The zero-order valence-electron chi connectivity index (χ0n) is 17.0. The van der Waals surface area contributed by atoms with Crippen LogP contribution in [0, 0.1) is 0 Å². The molecule has 0 unspecified atom stereocenters. The minimum Gasteiger partial charge on any atom is -0.311 e. The number of nitrogens with zero attached hydrogens (tertiary/aromatic N) is 4. The summed E-state index contributed by atoms with van der Waals surface area (Å²) in [5, 5.41) is 9.92. The maximum absolute atomic E-state index is 13.0. The zero-order chi connectivity index (χ0) is 20.3. The maximum atomic E-state index is 13.0. The summed E-state index contributed by atoms with van der Waals surface area (Å²) in [6, 6.07) is 18.5. The van der Waals surface area contributed by atoms with E-state index in [1.165, 1.54) is 49.4 Å². The fourth-order valence-corrected chi connectivity index (χ4v) is 5.46. The Hall–Kier alpha value is -2.60. The Morgan fingerprint density at radius 3 is 2.57 bits per heavy atom. The first kappa shape index (κ1) is 19.4. The number of amides is 1. The van der Waals surface area contributed by atoms with Gasteiger partial charge in [0.25, 0.3) is 0 Å². The lowest BCUT2D eigenvalue weighted by Gasteiger charge is -2.22. The second-order valence-electron chi connectivity index (χ2n) is 8.06. The molecule has 5 nitrogen and oxygen atoms in total. The largest absolute Gasteiger partial charge is 0.311 e. The highest BCUT2D eigenvalue weighted by Crippen LogP contribution is 2.35. The Morgan fingerprint density at radius 2 is 1.73 bits per heavy atom. The highest BCUT2D eigenvalue weighted by atomic mass is 32.2. The lowest BCUT2D eigenvalue weighted by molar-refractivity contribution is -0.116. The molecule has 5 rings (SSSR count). The van der Waals surface area contributed by atoms with E-state index in [0.29, 0.717) is 11.7 Å². The molecule has 154 valence electrons. The number of para-hydroxylation sites is 2. The molecule has 0 spiro atoms. The molecule has 2 heterocycles. The van der Waals surface area contributed by atoms with Gasteiger partial charge in [-0.05, 0) is 43.0 Å². The average Bonchev–Trinajstić information content (AvgIpc) is 3.43. The van der Waals surface area contributed by atoms with Gasteiger partial charge in [0.1, 0.15) is 5.82 Å².